The van der Waals surface area contributed by atoms with Crippen LogP contribution in [0.2, 0.25) is 0 Å². The molecule has 0 aliphatic carbocycles. The van der Waals surface area contributed by atoms with Gasteiger partial charge in [-0.3, -0.25) is 14.4 Å². The molecule has 3 aliphatic heterocycles. The summed E-state index contributed by atoms with van der Waals surface area (Å²) in [4.78, 5) is 48.3. The van der Waals surface area contributed by atoms with Gasteiger partial charge in [0.05, 0.1) is 25.0 Å². The number of alkyl halides is 1. The SMILES string of the molecule is C=CCN(C(=O)C1N(CCCCCO)C(=O)[C@@H]2[C@H](C(=O)N(CC=C)c3ccccc3)[C@H]3OC12CC3Br)c1ccc(OC)cc1. The Morgan fingerprint density at radius 1 is 1.02 bits per heavy atom. The van der Waals surface area contributed by atoms with Gasteiger partial charge in [-0.25, -0.2) is 0 Å². The Kier molecular flexibility index (Phi) is 9.92. The van der Waals surface area contributed by atoms with Crippen molar-refractivity contribution in [1.82, 2.24) is 4.90 Å². The number of halogens is 1. The molecule has 3 unspecified atom stereocenters. The van der Waals surface area contributed by atoms with Crippen LogP contribution in [0.3, 0.4) is 0 Å². The lowest BCUT2D eigenvalue weighted by Crippen LogP contribution is -2.57. The fourth-order valence-electron chi connectivity index (χ4n) is 7.10. The van der Waals surface area contributed by atoms with Crippen molar-refractivity contribution in [3.05, 3.63) is 79.9 Å². The Labute approximate surface area is 267 Å². The van der Waals surface area contributed by atoms with Gasteiger partial charge in [0.25, 0.3) is 5.91 Å². The first-order chi connectivity index (χ1) is 21.3. The van der Waals surface area contributed by atoms with E-state index in [0.717, 1.165) is 0 Å². The normalized spacial score (nSPS) is 26.8. The molecular weight excluding hydrogens is 626 g/mol. The maximum Gasteiger partial charge on any atom is 0.253 e. The monoisotopic (exact) mass is 665 g/mol. The van der Waals surface area contributed by atoms with Crippen LogP contribution in [0, 0.1) is 11.8 Å². The average molecular weight is 667 g/mol. The molecule has 2 aromatic rings. The van der Waals surface area contributed by atoms with Crippen LogP contribution < -0.4 is 14.5 Å². The molecule has 0 radical (unpaired) electrons. The van der Waals surface area contributed by atoms with Crippen molar-refractivity contribution >= 4 is 45.0 Å². The zero-order valence-electron chi connectivity index (χ0n) is 25.0. The number of likely N-dealkylation sites (tertiary alicyclic amines) is 1. The number of aliphatic hydroxyl groups is 1. The number of ether oxygens (including phenoxy) is 2. The number of hydrogen-bond donors (Lipinski definition) is 1. The van der Waals surface area contributed by atoms with Gasteiger partial charge in [0.15, 0.2) is 0 Å². The molecule has 3 saturated heterocycles. The van der Waals surface area contributed by atoms with E-state index in [0.29, 0.717) is 49.4 Å². The predicted molar refractivity (Wildman–Crippen MR) is 173 cm³/mol. The number of benzene rings is 2. The summed E-state index contributed by atoms with van der Waals surface area (Å²) >= 11 is 3.77. The minimum Gasteiger partial charge on any atom is -0.497 e. The standard InChI is InChI=1S/C34H40BrN3O6/c1-4-18-36(23-12-8-6-9-13-23)31(40)27-28-32(41)38(20-10-7-11-21-39)30(34(28)22-26(35)29(27)44-34)33(42)37(19-5-2)24-14-16-25(43-3)17-15-24/h4-6,8-9,12-17,26-30,39H,1-2,7,10-11,18-22H2,3H3/t26?,27-,28-,29-,30?,34?/m0/s1. The van der Waals surface area contributed by atoms with Crippen LogP contribution in [0.1, 0.15) is 25.7 Å². The molecule has 0 saturated carbocycles. The molecular formula is C34H40BrN3O6. The van der Waals surface area contributed by atoms with Gasteiger partial charge in [-0.2, -0.15) is 0 Å². The number of para-hydroxylation sites is 1. The lowest BCUT2D eigenvalue weighted by Gasteiger charge is -2.37. The first-order valence-corrected chi connectivity index (χ1v) is 16.0. The van der Waals surface area contributed by atoms with Gasteiger partial charge in [-0.15, -0.1) is 13.2 Å². The van der Waals surface area contributed by atoms with E-state index >= 15 is 0 Å². The van der Waals surface area contributed by atoms with Crippen LogP contribution in [0.25, 0.3) is 0 Å². The van der Waals surface area contributed by atoms with Gasteiger partial charge in [0.2, 0.25) is 11.8 Å². The topological polar surface area (TPSA) is 99.6 Å². The number of carbonyl (C=O) groups is 3. The van der Waals surface area contributed by atoms with E-state index in [2.05, 4.69) is 29.1 Å². The molecule has 6 atom stereocenters. The molecule has 3 fully saturated rings. The van der Waals surface area contributed by atoms with Gasteiger partial charge in [0, 0.05) is 42.4 Å². The molecule has 5 rings (SSSR count). The van der Waals surface area contributed by atoms with Crippen molar-refractivity contribution < 1.29 is 29.0 Å². The average Bonchev–Trinajstić information content (AvgIpc) is 3.63. The first kappa shape index (κ1) is 31.9. The van der Waals surface area contributed by atoms with E-state index in [4.69, 9.17) is 9.47 Å². The van der Waals surface area contributed by atoms with Crippen LogP contribution >= 0.6 is 15.9 Å². The molecule has 3 heterocycles. The summed E-state index contributed by atoms with van der Waals surface area (Å²) in [5, 5.41) is 9.34. The quantitative estimate of drug-likeness (QED) is 0.183. The van der Waals surface area contributed by atoms with Crippen LogP contribution in [-0.4, -0.2) is 83.7 Å². The summed E-state index contributed by atoms with van der Waals surface area (Å²) < 4.78 is 12.1. The van der Waals surface area contributed by atoms with Gasteiger partial charge >= 0.3 is 0 Å². The number of rotatable bonds is 14. The molecule has 3 amide bonds. The number of fused-ring (bicyclic) bond motifs is 1. The van der Waals surface area contributed by atoms with Gasteiger partial charge in [-0.05, 0) is 62.1 Å². The lowest BCUT2D eigenvalue weighted by atomic mass is 9.70. The van der Waals surface area contributed by atoms with Crippen molar-refractivity contribution in [3.63, 3.8) is 0 Å². The summed E-state index contributed by atoms with van der Waals surface area (Å²) in [6.07, 6.45) is 5.06. The highest BCUT2D eigenvalue weighted by Crippen LogP contribution is 2.60. The molecule has 0 aromatic heterocycles. The van der Waals surface area contributed by atoms with Gasteiger partial charge in [-0.1, -0.05) is 46.3 Å². The van der Waals surface area contributed by atoms with Crippen molar-refractivity contribution in [3.8, 4) is 5.75 Å². The molecule has 234 valence electrons. The molecule has 9 nitrogen and oxygen atoms in total. The van der Waals surface area contributed by atoms with E-state index in [1.54, 1.807) is 58.2 Å². The Hall–Kier alpha value is -3.47. The van der Waals surface area contributed by atoms with E-state index in [1.807, 2.05) is 30.3 Å². The second-order valence-electron chi connectivity index (χ2n) is 11.5. The van der Waals surface area contributed by atoms with Gasteiger partial charge < -0.3 is 29.3 Å². The number of anilines is 2. The second kappa shape index (κ2) is 13.7. The van der Waals surface area contributed by atoms with E-state index in [-0.39, 0.29) is 42.2 Å². The molecule has 1 N–H and O–H groups in total. The van der Waals surface area contributed by atoms with Crippen molar-refractivity contribution in [2.45, 2.75) is 48.3 Å². The first-order valence-electron chi connectivity index (χ1n) is 15.1. The van der Waals surface area contributed by atoms with Crippen molar-refractivity contribution in [2.75, 3.05) is 43.2 Å². The predicted octanol–water partition coefficient (Wildman–Crippen LogP) is 4.34. The van der Waals surface area contributed by atoms with Crippen LogP contribution in [-0.2, 0) is 19.1 Å². The van der Waals surface area contributed by atoms with Gasteiger partial charge in [0.1, 0.15) is 17.4 Å². The Morgan fingerprint density at radius 3 is 2.27 bits per heavy atom. The highest BCUT2D eigenvalue weighted by Gasteiger charge is 2.76. The highest BCUT2D eigenvalue weighted by atomic mass is 79.9. The largest absolute Gasteiger partial charge is 0.497 e. The number of methoxy groups -OCH3 is 1. The summed E-state index contributed by atoms with van der Waals surface area (Å²) in [6.45, 7) is 8.59. The number of nitrogens with zero attached hydrogens (tertiary/aromatic N) is 3. The fraction of sp³-hybridized carbons (Fsp3) is 0.441. The minimum atomic E-state index is -1.19. The van der Waals surface area contributed by atoms with Crippen LogP contribution in [0.4, 0.5) is 11.4 Å². The Balaban J connectivity index is 1.56. The Morgan fingerprint density at radius 2 is 1.66 bits per heavy atom. The maximum atomic E-state index is 14.7. The fourth-order valence-corrected chi connectivity index (χ4v) is 8.05. The third-order valence-corrected chi connectivity index (χ3v) is 9.82. The third-order valence-electron chi connectivity index (χ3n) is 8.97. The molecule has 1 spiro atoms. The van der Waals surface area contributed by atoms with E-state index < -0.39 is 29.6 Å². The van der Waals surface area contributed by atoms with Crippen LogP contribution in [0.15, 0.2) is 79.9 Å². The maximum absolute atomic E-state index is 14.7. The van der Waals surface area contributed by atoms with Crippen molar-refractivity contribution in [2.24, 2.45) is 11.8 Å². The zero-order chi connectivity index (χ0) is 31.4. The smallest absolute Gasteiger partial charge is 0.253 e. The van der Waals surface area contributed by atoms with E-state index in [9.17, 15) is 19.5 Å². The highest BCUT2D eigenvalue weighted by molar-refractivity contribution is 9.09. The van der Waals surface area contributed by atoms with Crippen LogP contribution in [0.5, 0.6) is 5.75 Å². The summed E-state index contributed by atoms with van der Waals surface area (Å²) in [5.41, 5.74) is 0.156. The van der Waals surface area contributed by atoms with E-state index in [1.165, 1.54) is 0 Å². The second-order valence-corrected chi connectivity index (χ2v) is 12.7. The zero-order valence-corrected chi connectivity index (χ0v) is 26.6. The molecule has 44 heavy (non-hydrogen) atoms. The minimum absolute atomic E-state index is 0.0543. The molecule has 10 heteroatoms. The number of aliphatic hydroxyl groups excluding tert-OH is 1. The lowest BCUT2D eigenvalue weighted by molar-refractivity contribution is -0.140. The molecule has 2 aromatic carbocycles. The number of hydrogen-bond acceptors (Lipinski definition) is 6. The third kappa shape index (κ3) is 5.59. The Bertz CT molecular complexity index is 1370. The number of amides is 3. The summed E-state index contributed by atoms with van der Waals surface area (Å²) in [6, 6.07) is 15.6. The molecule has 2 bridgehead atoms. The summed E-state index contributed by atoms with van der Waals surface area (Å²) in [5.74, 6) is -1.70. The van der Waals surface area contributed by atoms with Crippen molar-refractivity contribution in [1.29, 1.82) is 0 Å². The molecule has 3 aliphatic rings. The number of unbranched alkanes of at least 4 members (excludes halogenated alkanes) is 2. The number of carbonyl (C=O) groups excluding carboxylic acids is 3. The summed E-state index contributed by atoms with van der Waals surface area (Å²) in [7, 11) is 1.58.